The van der Waals surface area contributed by atoms with Crippen LogP contribution in [0.5, 0.6) is 0 Å². The molecule has 2 aromatic rings. The molecule has 1 aromatic carbocycles. The summed E-state index contributed by atoms with van der Waals surface area (Å²) in [5.74, 6) is -0.770. The summed E-state index contributed by atoms with van der Waals surface area (Å²) in [5, 5.41) is 8.31. The summed E-state index contributed by atoms with van der Waals surface area (Å²) in [6.07, 6.45) is 0. The number of rotatable bonds is 4. The highest BCUT2D eigenvalue weighted by molar-refractivity contribution is 8.02. The molecule has 0 unspecified atom stereocenters. The lowest BCUT2D eigenvalue weighted by molar-refractivity contribution is -0.119. The van der Waals surface area contributed by atoms with Crippen molar-refractivity contribution in [1.29, 1.82) is 0 Å². The van der Waals surface area contributed by atoms with E-state index >= 15 is 0 Å². The molecule has 10 heteroatoms. The highest BCUT2D eigenvalue weighted by Crippen LogP contribution is 2.27. The van der Waals surface area contributed by atoms with E-state index in [1.165, 1.54) is 47.0 Å². The maximum absolute atomic E-state index is 13.0. The van der Waals surface area contributed by atoms with Gasteiger partial charge in [0.25, 0.3) is 0 Å². The number of imide groups is 1. The lowest BCUT2D eigenvalue weighted by atomic mass is 10.3. The van der Waals surface area contributed by atoms with E-state index < -0.39 is 17.2 Å². The van der Waals surface area contributed by atoms with Crippen LogP contribution in [0.2, 0.25) is 0 Å². The molecule has 1 atom stereocenters. The molecule has 3 amide bonds. The van der Waals surface area contributed by atoms with Crippen LogP contribution in [0.4, 0.5) is 9.18 Å². The highest BCUT2D eigenvalue weighted by atomic mass is 32.2. The number of carbonyl (C=O) groups is 2. The van der Waals surface area contributed by atoms with E-state index in [9.17, 15) is 14.0 Å². The SMILES string of the molecule is CNC(=O)NC(=O)[C@H](C)Sc1nn(-c2ccc(F)cc2)c(=S)s1. The molecule has 6 nitrogen and oxygen atoms in total. The van der Waals surface area contributed by atoms with Crippen LogP contribution in [-0.4, -0.2) is 34.0 Å². The lowest BCUT2D eigenvalue weighted by Crippen LogP contribution is -2.41. The van der Waals surface area contributed by atoms with Crippen molar-refractivity contribution in [1.82, 2.24) is 20.4 Å². The Morgan fingerprint density at radius 2 is 2.04 bits per heavy atom. The molecule has 0 saturated carbocycles. The fourth-order valence-electron chi connectivity index (χ4n) is 1.53. The minimum absolute atomic E-state index is 0.343. The van der Waals surface area contributed by atoms with Crippen LogP contribution in [0.1, 0.15) is 6.92 Å². The zero-order valence-electron chi connectivity index (χ0n) is 12.2. The van der Waals surface area contributed by atoms with Crippen LogP contribution in [0.3, 0.4) is 0 Å². The molecule has 1 aromatic heterocycles. The molecule has 0 aliphatic heterocycles. The van der Waals surface area contributed by atoms with E-state index in [1.54, 1.807) is 19.1 Å². The van der Waals surface area contributed by atoms with Crippen LogP contribution in [0, 0.1) is 9.77 Å². The topological polar surface area (TPSA) is 76.0 Å². The molecule has 122 valence electrons. The van der Waals surface area contributed by atoms with Crippen molar-refractivity contribution in [2.45, 2.75) is 16.5 Å². The third-order valence-electron chi connectivity index (χ3n) is 2.71. The third-order valence-corrected chi connectivity index (χ3v) is 5.13. The molecule has 0 aliphatic carbocycles. The van der Waals surface area contributed by atoms with Crippen molar-refractivity contribution >= 4 is 47.3 Å². The summed E-state index contributed by atoms with van der Waals surface area (Å²) >= 11 is 7.67. The fourth-order valence-corrected chi connectivity index (χ4v) is 4.04. The minimum atomic E-state index is -0.563. The highest BCUT2D eigenvalue weighted by Gasteiger charge is 2.19. The van der Waals surface area contributed by atoms with Crippen molar-refractivity contribution in [2.24, 2.45) is 0 Å². The van der Waals surface area contributed by atoms with Gasteiger partial charge >= 0.3 is 6.03 Å². The van der Waals surface area contributed by atoms with Crippen LogP contribution >= 0.6 is 35.3 Å². The number of carbonyl (C=O) groups excluding carboxylic acids is 2. The van der Waals surface area contributed by atoms with Gasteiger partial charge in [0.05, 0.1) is 10.9 Å². The summed E-state index contributed by atoms with van der Waals surface area (Å²) in [5.41, 5.74) is 0.641. The van der Waals surface area contributed by atoms with Crippen LogP contribution in [0.15, 0.2) is 28.6 Å². The first kappa shape index (κ1) is 17.6. The van der Waals surface area contributed by atoms with Gasteiger partial charge in [0.15, 0.2) is 8.29 Å². The Hall–Kier alpha value is -1.78. The Morgan fingerprint density at radius 3 is 2.65 bits per heavy atom. The Labute approximate surface area is 145 Å². The zero-order valence-corrected chi connectivity index (χ0v) is 14.6. The van der Waals surface area contributed by atoms with Gasteiger partial charge in [-0.1, -0.05) is 23.1 Å². The number of thioether (sulfide) groups is 1. The van der Waals surface area contributed by atoms with Gasteiger partial charge in [0.1, 0.15) is 5.82 Å². The lowest BCUT2D eigenvalue weighted by Gasteiger charge is -2.08. The predicted octanol–water partition coefficient (Wildman–Crippen LogP) is 2.74. The number of halogens is 1. The third kappa shape index (κ3) is 4.60. The first-order chi connectivity index (χ1) is 10.9. The monoisotopic (exact) mass is 372 g/mol. The molecular weight excluding hydrogens is 359 g/mol. The molecule has 0 spiro atoms. The van der Waals surface area contributed by atoms with Gasteiger partial charge in [0, 0.05) is 7.05 Å². The first-order valence-corrected chi connectivity index (χ1v) is 8.56. The second kappa shape index (κ2) is 7.66. The molecule has 2 rings (SSSR count). The van der Waals surface area contributed by atoms with E-state index in [2.05, 4.69) is 15.7 Å². The number of nitrogens with one attached hydrogen (secondary N) is 2. The molecule has 0 fully saturated rings. The normalized spacial score (nSPS) is 11.8. The van der Waals surface area contributed by atoms with Crippen molar-refractivity contribution in [3.05, 3.63) is 34.0 Å². The molecular formula is C13H13FN4O2S3. The maximum atomic E-state index is 13.0. The number of amides is 3. The van der Waals surface area contributed by atoms with Gasteiger partial charge in [-0.2, -0.15) is 0 Å². The fraction of sp³-hybridized carbons (Fsp3) is 0.231. The largest absolute Gasteiger partial charge is 0.341 e. The number of hydrogen-bond acceptors (Lipinski definition) is 6. The standard InChI is InChI=1S/C13H13FN4O2S3/c1-7(10(19)16-11(20)15-2)22-12-17-18(13(21)23-12)9-5-3-8(14)4-6-9/h3-7H,1-2H3,(H2,15,16,19,20)/t7-/m0/s1. The maximum Gasteiger partial charge on any atom is 0.321 e. The Balaban J connectivity index is 2.12. The summed E-state index contributed by atoms with van der Waals surface area (Å²) in [4.78, 5) is 23.0. The summed E-state index contributed by atoms with van der Waals surface area (Å²) in [6, 6.07) is 5.22. The van der Waals surface area contributed by atoms with Gasteiger partial charge in [-0.25, -0.2) is 13.9 Å². The molecule has 2 N–H and O–H groups in total. The van der Waals surface area contributed by atoms with Crippen molar-refractivity contribution in [2.75, 3.05) is 7.05 Å². The number of urea groups is 1. The second-order valence-corrected chi connectivity index (χ2v) is 7.56. The van der Waals surface area contributed by atoms with E-state index in [4.69, 9.17) is 12.2 Å². The second-order valence-electron chi connectivity index (χ2n) is 4.35. The summed E-state index contributed by atoms with van der Waals surface area (Å²) < 4.78 is 15.5. The van der Waals surface area contributed by atoms with Gasteiger partial charge in [0.2, 0.25) is 5.91 Å². The van der Waals surface area contributed by atoms with Gasteiger partial charge in [-0.15, -0.1) is 5.10 Å². The van der Waals surface area contributed by atoms with Crippen molar-refractivity contribution < 1.29 is 14.0 Å². The van der Waals surface area contributed by atoms with Crippen molar-refractivity contribution in [3.63, 3.8) is 0 Å². The average Bonchev–Trinajstić information content (AvgIpc) is 2.88. The Kier molecular flexibility index (Phi) is 5.85. The Bertz CT molecular complexity index is 772. The molecule has 23 heavy (non-hydrogen) atoms. The zero-order chi connectivity index (χ0) is 17.0. The number of nitrogens with zero attached hydrogens (tertiary/aromatic N) is 2. The molecule has 0 saturated heterocycles. The van der Waals surface area contributed by atoms with Crippen molar-refractivity contribution in [3.8, 4) is 5.69 Å². The molecule has 0 radical (unpaired) electrons. The molecule has 0 aliphatic rings. The Morgan fingerprint density at radius 1 is 1.39 bits per heavy atom. The number of benzene rings is 1. The van der Waals surface area contributed by atoms with E-state index in [1.807, 2.05) is 0 Å². The van der Waals surface area contributed by atoms with E-state index in [0.29, 0.717) is 14.0 Å². The van der Waals surface area contributed by atoms with E-state index in [-0.39, 0.29) is 5.82 Å². The summed E-state index contributed by atoms with van der Waals surface area (Å²) in [7, 11) is 1.43. The van der Waals surface area contributed by atoms with Gasteiger partial charge in [-0.05, 0) is 43.4 Å². The van der Waals surface area contributed by atoms with Gasteiger partial charge < -0.3 is 5.32 Å². The number of hydrogen-bond donors (Lipinski definition) is 2. The number of aromatic nitrogens is 2. The minimum Gasteiger partial charge on any atom is -0.341 e. The molecule has 0 bridgehead atoms. The summed E-state index contributed by atoms with van der Waals surface area (Å²) in [6.45, 7) is 1.66. The molecule has 1 heterocycles. The van der Waals surface area contributed by atoms with Gasteiger partial charge in [-0.3, -0.25) is 10.1 Å². The quantitative estimate of drug-likeness (QED) is 0.638. The van der Waals surface area contributed by atoms with Crippen LogP contribution in [0.25, 0.3) is 5.69 Å². The average molecular weight is 372 g/mol. The first-order valence-electron chi connectivity index (χ1n) is 6.46. The smallest absolute Gasteiger partial charge is 0.321 e. The van der Waals surface area contributed by atoms with Crippen LogP contribution in [-0.2, 0) is 4.79 Å². The van der Waals surface area contributed by atoms with Crippen LogP contribution < -0.4 is 10.6 Å². The van der Waals surface area contributed by atoms with E-state index in [0.717, 1.165) is 0 Å². The predicted molar refractivity (Wildman–Crippen MR) is 90.2 cm³/mol.